The molecule has 3 unspecified atom stereocenters. The molecule has 0 radical (unpaired) electrons. The van der Waals surface area contributed by atoms with E-state index in [1.807, 2.05) is 24.3 Å². The van der Waals surface area contributed by atoms with Crippen LogP contribution in [0.1, 0.15) is 30.9 Å². The molecular weight excluding hydrogens is 397 g/mol. The van der Waals surface area contributed by atoms with Crippen molar-refractivity contribution >= 4 is 42.3 Å². The van der Waals surface area contributed by atoms with Crippen LogP contribution in [0.3, 0.4) is 0 Å². The molecule has 1 amide bonds. The van der Waals surface area contributed by atoms with Crippen LogP contribution >= 0.6 is 36.4 Å². The number of halogens is 3. The number of hydrogen-bond donors (Lipinski definition) is 2. The van der Waals surface area contributed by atoms with E-state index in [-0.39, 0.29) is 48.7 Å². The van der Waals surface area contributed by atoms with Crippen molar-refractivity contribution in [3.63, 3.8) is 0 Å². The fraction of sp³-hybridized carbons (Fsp3) is 0.611. The lowest BCUT2D eigenvalue weighted by Gasteiger charge is -2.35. The summed E-state index contributed by atoms with van der Waals surface area (Å²) in [5, 5.41) is 3.87. The molecule has 5 nitrogen and oxygen atoms in total. The quantitative estimate of drug-likeness (QED) is 0.763. The number of nitrogens with two attached hydrogens (primary N) is 1. The van der Waals surface area contributed by atoms with Crippen LogP contribution in [0.4, 0.5) is 0 Å². The molecule has 1 aromatic carbocycles. The molecule has 1 saturated heterocycles. The van der Waals surface area contributed by atoms with Gasteiger partial charge in [-0.2, -0.15) is 0 Å². The fourth-order valence-electron chi connectivity index (χ4n) is 3.63. The van der Waals surface area contributed by atoms with Gasteiger partial charge in [0.2, 0.25) is 5.91 Å². The van der Waals surface area contributed by atoms with E-state index in [2.05, 4.69) is 10.2 Å². The number of nitrogens with zero attached hydrogens (tertiary/aromatic N) is 1. The highest BCUT2D eigenvalue weighted by Gasteiger charge is 2.29. The molecule has 2 aliphatic rings. The highest BCUT2D eigenvalue weighted by Crippen LogP contribution is 2.26. The Bertz CT molecular complexity index is 553. The highest BCUT2D eigenvalue weighted by molar-refractivity contribution is 6.30. The van der Waals surface area contributed by atoms with Crippen molar-refractivity contribution in [1.82, 2.24) is 10.2 Å². The van der Waals surface area contributed by atoms with Crippen molar-refractivity contribution in [2.24, 2.45) is 11.7 Å². The number of hydrogen-bond acceptors (Lipinski definition) is 4. The van der Waals surface area contributed by atoms with E-state index in [9.17, 15) is 4.79 Å². The van der Waals surface area contributed by atoms with Gasteiger partial charge in [-0.1, -0.05) is 23.7 Å². The highest BCUT2D eigenvalue weighted by atomic mass is 35.5. The predicted octanol–water partition coefficient (Wildman–Crippen LogP) is 2.80. The maximum atomic E-state index is 12.4. The van der Waals surface area contributed by atoms with Gasteiger partial charge in [-0.25, -0.2) is 0 Å². The van der Waals surface area contributed by atoms with Gasteiger partial charge in [-0.05, 0) is 37.0 Å². The molecule has 148 valence electrons. The van der Waals surface area contributed by atoms with Gasteiger partial charge >= 0.3 is 0 Å². The van der Waals surface area contributed by atoms with Gasteiger partial charge in [0.25, 0.3) is 0 Å². The smallest absolute Gasteiger partial charge is 0.223 e. The molecule has 3 rings (SSSR count). The van der Waals surface area contributed by atoms with E-state index in [1.165, 1.54) is 5.56 Å². The van der Waals surface area contributed by atoms with Gasteiger partial charge < -0.3 is 15.8 Å². The Labute approximate surface area is 172 Å². The second-order valence-electron chi connectivity index (χ2n) is 6.73. The number of carbonyl (C=O) groups is 1. The Balaban J connectivity index is 0.00000169. The number of nitrogens with one attached hydrogen (secondary N) is 1. The van der Waals surface area contributed by atoms with Crippen molar-refractivity contribution in [3.8, 4) is 0 Å². The minimum Gasteiger partial charge on any atom is -0.379 e. The molecule has 3 atom stereocenters. The van der Waals surface area contributed by atoms with Gasteiger partial charge in [0.1, 0.15) is 0 Å². The topological polar surface area (TPSA) is 67.6 Å². The number of morpholine rings is 1. The maximum absolute atomic E-state index is 12.4. The number of benzene rings is 1. The van der Waals surface area contributed by atoms with Gasteiger partial charge in [0, 0.05) is 36.6 Å². The standard InChI is InChI=1S/C18H26ClN3O2.2ClH/c19-15-4-1-13(2-5-15)17(22-7-9-24-10-8-22)12-21-18(23)14-3-6-16(20)11-14;;/h1-2,4-5,14,16-17H,3,6-12,20H2,(H,21,23);2*1H. The summed E-state index contributed by atoms with van der Waals surface area (Å²) in [5.41, 5.74) is 7.10. The lowest BCUT2D eigenvalue weighted by atomic mass is 10.0. The summed E-state index contributed by atoms with van der Waals surface area (Å²) < 4.78 is 5.46. The van der Waals surface area contributed by atoms with Crippen LogP contribution in [-0.2, 0) is 9.53 Å². The van der Waals surface area contributed by atoms with Crippen molar-refractivity contribution in [2.75, 3.05) is 32.8 Å². The Morgan fingerprint density at radius 3 is 2.46 bits per heavy atom. The largest absolute Gasteiger partial charge is 0.379 e. The summed E-state index contributed by atoms with van der Waals surface area (Å²) in [6.07, 6.45) is 2.65. The van der Waals surface area contributed by atoms with E-state index in [0.29, 0.717) is 6.54 Å². The third kappa shape index (κ3) is 6.25. The van der Waals surface area contributed by atoms with Crippen LogP contribution in [-0.4, -0.2) is 49.7 Å². The van der Waals surface area contributed by atoms with Crippen molar-refractivity contribution in [2.45, 2.75) is 31.3 Å². The van der Waals surface area contributed by atoms with Gasteiger partial charge in [-0.3, -0.25) is 9.69 Å². The number of amides is 1. The summed E-state index contributed by atoms with van der Waals surface area (Å²) in [6, 6.07) is 8.21. The number of rotatable bonds is 5. The molecule has 1 aromatic rings. The summed E-state index contributed by atoms with van der Waals surface area (Å²) in [4.78, 5) is 14.8. The average molecular weight is 425 g/mol. The van der Waals surface area contributed by atoms with Crippen molar-refractivity contribution < 1.29 is 9.53 Å². The normalized spacial score (nSPS) is 24.2. The van der Waals surface area contributed by atoms with Crippen LogP contribution in [0.5, 0.6) is 0 Å². The zero-order chi connectivity index (χ0) is 16.9. The molecule has 8 heteroatoms. The minimum atomic E-state index is 0. The van der Waals surface area contributed by atoms with Gasteiger partial charge in [0.05, 0.1) is 19.3 Å². The van der Waals surface area contributed by atoms with E-state index < -0.39 is 0 Å². The van der Waals surface area contributed by atoms with Crippen LogP contribution in [0.2, 0.25) is 5.02 Å². The molecule has 1 heterocycles. The average Bonchev–Trinajstić information content (AvgIpc) is 3.04. The van der Waals surface area contributed by atoms with Crippen molar-refractivity contribution in [1.29, 1.82) is 0 Å². The van der Waals surface area contributed by atoms with Gasteiger partial charge in [-0.15, -0.1) is 24.8 Å². The molecule has 0 aromatic heterocycles. The zero-order valence-corrected chi connectivity index (χ0v) is 17.1. The molecule has 1 aliphatic heterocycles. The first-order valence-corrected chi connectivity index (χ1v) is 9.12. The molecule has 1 aliphatic carbocycles. The van der Waals surface area contributed by atoms with E-state index in [4.69, 9.17) is 22.1 Å². The summed E-state index contributed by atoms with van der Waals surface area (Å²) in [6.45, 7) is 3.81. The molecule has 2 fully saturated rings. The van der Waals surface area contributed by atoms with Crippen molar-refractivity contribution in [3.05, 3.63) is 34.9 Å². The first-order valence-electron chi connectivity index (χ1n) is 8.74. The minimum absolute atomic E-state index is 0. The summed E-state index contributed by atoms with van der Waals surface area (Å²) in [7, 11) is 0. The molecule has 0 spiro atoms. The Morgan fingerprint density at radius 1 is 1.23 bits per heavy atom. The Kier molecular flexibility index (Phi) is 10.2. The molecule has 3 N–H and O–H groups in total. The van der Waals surface area contributed by atoms with E-state index in [1.54, 1.807) is 0 Å². The monoisotopic (exact) mass is 423 g/mol. The van der Waals surface area contributed by atoms with E-state index >= 15 is 0 Å². The third-order valence-electron chi connectivity index (χ3n) is 5.05. The first-order chi connectivity index (χ1) is 11.6. The van der Waals surface area contributed by atoms with Crippen LogP contribution < -0.4 is 11.1 Å². The van der Waals surface area contributed by atoms with E-state index in [0.717, 1.165) is 50.6 Å². The lowest BCUT2D eigenvalue weighted by Crippen LogP contribution is -2.44. The lowest BCUT2D eigenvalue weighted by molar-refractivity contribution is -0.125. The van der Waals surface area contributed by atoms with Crippen LogP contribution in [0.25, 0.3) is 0 Å². The molecule has 26 heavy (non-hydrogen) atoms. The number of carbonyl (C=O) groups excluding carboxylic acids is 1. The summed E-state index contributed by atoms with van der Waals surface area (Å²) >= 11 is 6.01. The zero-order valence-electron chi connectivity index (χ0n) is 14.7. The SMILES string of the molecule is Cl.Cl.NC1CCC(C(=O)NCC(c2ccc(Cl)cc2)N2CCOCC2)C1. The Hall–Kier alpha value is -0.560. The summed E-state index contributed by atoms with van der Waals surface area (Å²) in [5.74, 6) is 0.200. The second-order valence-corrected chi connectivity index (χ2v) is 7.17. The third-order valence-corrected chi connectivity index (χ3v) is 5.31. The Morgan fingerprint density at radius 2 is 1.88 bits per heavy atom. The second kappa shape index (κ2) is 11.3. The van der Waals surface area contributed by atoms with Crippen LogP contribution in [0.15, 0.2) is 24.3 Å². The predicted molar refractivity (Wildman–Crippen MR) is 109 cm³/mol. The van der Waals surface area contributed by atoms with Gasteiger partial charge in [0.15, 0.2) is 0 Å². The number of ether oxygens (including phenoxy) is 1. The molecular formula is C18H28Cl3N3O2. The maximum Gasteiger partial charge on any atom is 0.223 e. The molecule has 1 saturated carbocycles. The molecule has 0 bridgehead atoms. The fourth-order valence-corrected chi connectivity index (χ4v) is 3.75. The van der Waals surface area contributed by atoms with Crippen LogP contribution in [0, 0.1) is 5.92 Å². The first kappa shape index (κ1) is 23.5.